The van der Waals surface area contributed by atoms with Crippen LogP contribution in [0.2, 0.25) is 0 Å². The lowest BCUT2D eigenvalue weighted by atomic mass is 9.74. The first-order chi connectivity index (χ1) is 24.7. The molecule has 3 amide bonds. The quantitative estimate of drug-likeness (QED) is 0.0461. The standard InChI is InChI=1S/C33H46BN5O13/c1-18(2)14-25(39-29(44)22(15-21-8-6-5-7-9-21)38-30(45)23-16-35-10-11-36-23)34-50-17-24(52-34)26(41)27(42)28(43)31(46)37-12-13-49-33(48)20(4)51-32(47)19(3)40/h5-11,16,18-20,22,24-28,40-43H,12-15,17H2,1-4H3,(H,37,46)(H,38,45)(H,39,44)/t19?,20?,22?,24-,25?,26+,27-,28-/m0/s1. The zero-order valence-electron chi connectivity index (χ0n) is 29.3. The molecule has 2 aromatic rings. The number of carbonyl (C=O) groups excluding carboxylic acids is 5. The topological polar surface area (TPSA) is 265 Å². The van der Waals surface area contributed by atoms with Crippen LogP contribution in [0.4, 0.5) is 0 Å². The van der Waals surface area contributed by atoms with Crippen LogP contribution in [0.1, 0.15) is 50.2 Å². The van der Waals surface area contributed by atoms with Gasteiger partial charge < -0.3 is 55.2 Å². The summed E-state index contributed by atoms with van der Waals surface area (Å²) in [5.74, 6) is -4.96. The molecule has 1 aliphatic heterocycles. The molecule has 3 rings (SSSR count). The summed E-state index contributed by atoms with van der Waals surface area (Å²) in [5.41, 5.74) is 0.801. The molecular weight excluding hydrogens is 685 g/mol. The summed E-state index contributed by atoms with van der Waals surface area (Å²) in [6.07, 6.45) is -5.38. The van der Waals surface area contributed by atoms with Crippen molar-refractivity contribution >= 4 is 36.8 Å². The van der Waals surface area contributed by atoms with E-state index in [0.29, 0.717) is 6.42 Å². The molecule has 1 aliphatic rings. The Hall–Kier alpha value is -4.53. The molecular formula is C33H46BN5O13. The normalized spacial score (nSPS) is 18.2. The number of hydrogen-bond acceptors (Lipinski definition) is 15. The van der Waals surface area contributed by atoms with Gasteiger partial charge in [0.25, 0.3) is 11.8 Å². The van der Waals surface area contributed by atoms with E-state index in [0.717, 1.165) is 12.5 Å². The van der Waals surface area contributed by atoms with Crippen molar-refractivity contribution in [3.05, 3.63) is 60.2 Å². The van der Waals surface area contributed by atoms with Crippen LogP contribution in [-0.4, -0.2) is 136 Å². The van der Waals surface area contributed by atoms with Crippen molar-refractivity contribution in [1.82, 2.24) is 25.9 Å². The number of hydrogen-bond donors (Lipinski definition) is 7. The van der Waals surface area contributed by atoms with E-state index < -0.39 is 85.4 Å². The van der Waals surface area contributed by atoms with E-state index in [2.05, 4.69) is 25.9 Å². The lowest BCUT2D eigenvalue weighted by molar-refractivity contribution is -0.171. The summed E-state index contributed by atoms with van der Waals surface area (Å²) in [4.78, 5) is 70.3. The fraction of sp³-hybridized carbons (Fsp3) is 0.545. The maximum atomic E-state index is 13.7. The summed E-state index contributed by atoms with van der Waals surface area (Å²) in [7, 11) is -1.10. The van der Waals surface area contributed by atoms with Gasteiger partial charge in [-0.2, -0.15) is 0 Å². The van der Waals surface area contributed by atoms with E-state index in [4.69, 9.17) is 23.9 Å². The Morgan fingerprint density at radius 2 is 1.67 bits per heavy atom. The molecule has 1 aromatic carbocycles. The van der Waals surface area contributed by atoms with Crippen LogP contribution in [-0.2, 0) is 44.4 Å². The van der Waals surface area contributed by atoms with Gasteiger partial charge in [-0.3, -0.25) is 19.4 Å². The highest BCUT2D eigenvalue weighted by Crippen LogP contribution is 2.21. The van der Waals surface area contributed by atoms with Crippen LogP contribution >= 0.6 is 0 Å². The summed E-state index contributed by atoms with van der Waals surface area (Å²) in [6.45, 7) is 5.27. The van der Waals surface area contributed by atoms with Crippen LogP contribution < -0.4 is 16.0 Å². The molecule has 18 nitrogen and oxygen atoms in total. The molecule has 0 radical (unpaired) electrons. The van der Waals surface area contributed by atoms with E-state index in [9.17, 15) is 39.3 Å². The van der Waals surface area contributed by atoms with Gasteiger partial charge >= 0.3 is 19.1 Å². The summed E-state index contributed by atoms with van der Waals surface area (Å²) >= 11 is 0. The van der Waals surface area contributed by atoms with Crippen LogP contribution in [0.25, 0.3) is 0 Å². The summed E-state index contributed by atoms with van der Waals surface area (Å²) < 4.78 is 21.2. The number of benzene rings is 1. The largest absolute Gasteiger partial charge is 0.481 e. The molecule has 0 aliphatic carbocycles. The smallest absolute Gasteiger partial charge is 0.461 e. The predicted octanol–water partition coefficient (Wildman–Crippen LogP) is -2.15. The highest BCUT2D eigenvalue weighted by molar-refractivity contribution is 6.47. The summed E-state index contributed by atoms with van der Waals surface area (Å²) in [5, 5.41) is 48.8. The van der Waals surface area contributed by atoms with Crippen LogP contribution in [0, 0.1) is 5.92 Å². The van der Waals surface area contributed by atoms with E-state index in [-0.39, 0.29) is 37.8 Å². The number of ether oxygens (including phenoxy) is 2. The Bertz CT molecular complexity index is 1470. The van der Waals surface area contributed by atoms with Gasteiger partial charge in [-0.15, -0.1) is 0 Å². The van der Waals surface area contributed by atoms with Crippen molar-refractivity contribution in [2.24, 2.45) is 5.92 Å². The molecule has 0 bridgehead atoms. The molecule has 2 heterocycles. The third-order valence-corrected chi connectivity index (χ3v) is 7.75. The highest BCUT2D eigenvalue weighted by Gasteiger charge is 2.46. The Labute approximate surface area is 300 Å². The van der Waals surface area contributed by atoms with Crippen molar-refractivity contribution in [3.63, 3.8) is 0 Å². The molecule has 1 saturated heterocycles. The van der Waals surface area contributed by atoms with Crippen LogP contribution in [0.3, 0.4) is 0 Å². The first-order valence-electron chi connectivity index (χ1n) is 16.7. The fourth-order valence-corrected chi connectivity index (χ4v) is 5.00. The third kappa shape index (κ3) is 12.9. The predicted molar refractivity (Wildman–Crippen MR) is 181 cm³/mol. The monoisotopic (exact) mass is 731 g/mol. The van der Waals surface area contributed by atoms with Crippen LogP contribution in [0.15, 0.2) is 48.9 Å². The minimum absolute atomic E-state index is 0.0211. The highest BCUT2D eigenvalue weighted by atomic mass is 16.7. The molecule has 4 unspecified atom stereocenters. The van der Waals surface area contributed by atoms with Crippen molar-refractivity contribution < 1.29 is 63.2 Å². The summed E-state index contributed by atoms with van der Waals surface area (Å²) in [6, 6.07) is 8.02. The van der Waals surface area contributed by atoms with Crippen molar-refractivity contribution in [1.29, 1.82) is 0 Å². The third-order valence-electron chi connectivity index (χ3n) is 7.75. The molecule has 0 spiro atoms. The molecule has 52 heavy (non-hydrogen) atoms. The minimum atomic E-state index is -2.12. The minimum Gasteiger partial charge on any atom is -0.461 e. The molecule has 1 aromatic heterocycles. The first kappa shape index (κ1) is 41.9. The van der Waals surface area contributed by atoms with E-state index in [1.807, 2.05) is 32.0 Å². The number of aromatic nitrogens is 2. The van der Waals surface area contributed by atoms with Gasteiger partial charge in [0.1, 0.15) is 36.7 Å². The number of aliphatic hydroxyl groups is 4. The number of amides is 3. The Kier molecular flexibility index (Phi) is 16.5. The molecule has 7 N–H and O–H groups in total. The number of nitrogens with one attached hydrogen (secondary N) is 3. The SMILES string of the molecule is CC(C)CC(NC(=O)C(Cc1ccccc1)NC(=O)c1cnccn1)B1OC[C@@H]([C@@H](O)[C@H](O)[C@H](O)C(=O)NCCOC(=O)C(C)OC(=O)C(C)O)O1. The number of rotatable bonds is 19. The Morgan fingerprint density at radius 1 is 0.962 bits per heavy atom. The zero-order chi connectivity index (χ0) is 38.4. The van der Waals surface area contributed by atoms with Gasteiger partial charge in [0.05, 0.1) is 31.4 Å². The Balaban J connectivity index is 1.57. The van der Waals surface area contributed by atoms with Gasteiger partial charge in [-0.05, 0) is 31.7 Å². The van der Waals surface area contributed by atoms with E-state index >= 15 is 0 Å². The van der Waals surface area contributed by atoms with Crippen molar-refractivity contribution in [2.75, 3.05) is 19.8 Å². The molecule has 1 fully saturated rings. The average Bonchev–Trinajstić information content (AvgIpc) is 3.62. The molecule has 8 atom stereocenters. The second kappa shape index (κ2) is 20.5. The van der Waals surface area contributed by atoms with Gasteiger partial charge in [0, 0.05) is 18.8 Å². The lowest BCUT2D eigenvalue weighted by Crippen LogP contribution is -2.56. The number of nitrogens with zero attached hydrogens (tertiary/aromatic N) is 2. The molecule has 0 saturated carbocycles. The van der Waals surface area contributed by atoms with Gasteiger partial charge in [0.15, 0.2) is 12.2 Å². The van der Waals surface area contributed by atoms with Crippen molar-refractivity contribution in [3.8, 4) is 0 Å². The second-order valence-corrected chi connectivity index (χ2v) is 12.6. The second-order valence-electron chi connectivity index (χ2n) is 12.6. The lowest BCUT2D eigenvalue weighted by Gasteiger charge is -2.28. The fourth-order valence-electron chi connectivity index (χ4n) is 5.00. The van der Waals surface area contributed by atoms with E-state index in [1.165, 1.54) is 25.5 Å². The number of aliphatic hydroxyl groups excluding tert-OH is 4. The average molecular weight is 732 g/mol. The van der Waals surface area contributed by atoms with Gasteiger partial charge in [0.2, 0.25) is 5.91 Å². The van der Waals surface area contributed by atoms with Crippen molar-refractivity contribution in [2.45, 2.75) is 89.1 Å². The molecule has 19 heteroatoms. The maximum Gasteiger partial charge on any atom is 0.481 e. The Morgan fingerprint density at radius 3 is 2.31 bits per heavy atom. The first-order valence-corrected chi connectivity index (χ1v) is 16.7. The molecule has 284 valence electrons. The maximum absolute atomic E-state index is 13.7. The van der Waals surface area contributed by atoms with E-state index in [1.54, 1.807) is 12.1 Å². The van der Waals surface area contributed by atoms with Gasteiger partial charge in [-0.25, -0.2) is 14.6 Å². The number of carbonyl (C=O) groups is 5. The number of esters is 2. The zero-order valence-corrected chi connectivity index (χ0v) is 29.3. The van der Waals surface area contributed by atoms with Gasteiger partial charge in [-0.1, -0.05) is 44.2 Å². The van der Waals surface area contributed by atoms with Crippen LogP contribution in [0.5, 0.6) is 0 Å².